The van der Waals surface area contributed by atoms with Gasteiger partial charge in [-0.2, -0.15) is 5.10 Å². The van der Waals surface area contributed by atoms with Gasteiger partial charge in [-0.1, -0.05) is 12.1 Å². The number of benzene rings is 1. The second-order valence-electron chi connectivity index (χ2n) is 6.56. The van der Waals surface area contributed by atoms with Crippen LogP contribution in [0.25, 0.3) is 0 Å². The number of hydrogen-bond acceptors (Lipinski definition) is 5. The second kappa shape index (κ2) is 6.84. The van der Waals surface area contributed by atoms with Gasteiger partial charge in [-0.05, 0) is 37.0 Å². The van der Waals surface area contributed by atoms with Crippen molar-refractivity contribution in [1.29, 1.82) is 0 Å². The van der Waals surface area contributed by atoms with E-state index >= 15 is 0 Å². The van der Waals surface area contributed by atoms with E-state index in [1.165, 1.54) is 0 Å². The molecule has 1 unspecified atom stereocenters. The third kappa shape index (κ3) is 3.06. The van der Waals surface area contributed by atoms with Crippen LogP contribution >= 0.6 is 0 Å². The van der Waals surface area contributed by atoms with Gasteiger partial charge in [0.15, 0.2) is 17.2 Å². The summed E-state index contributed by atoms with van der Waals surface area (Å²) in [5.41, 5.74) is 3.13. The minimum Gasteiger partial charge on any atom is -0.476 e. The van der Waals surface area contributed by atoms with E-state index in [0.717, 1.165) is 41.2 Å². The van der Waals surface area contributed by atoms with Crippen LogP contribution in [0, 0.1) is 0 Å². The monoisotopic (exact) mass is 355 g/mol. The zero-order valence-corrected chi connectivity index (χ0v) is 14.4. The minimum absolute atomic E-state index is 0.163. The van der Waals surface area contributed by atoms with E-state index < -0.39 is 5.97 Å². The maximum Gasteiger partial charge on any atom is 0.356 e. The molecule has 1 aromatic heterocycles. The molecular weight excluding hydrogens is 334 g/mol. The molecule has 0 radical (unpaired) electrons. The van der Waals surface area contributed by atoms with Crippen LogP contribution in [0.2, 0.25) is 0 Å². The van der Waals surface area contributed by atoms with Crippen LogP contribution in [0.3, 0.4) is 0 Å². The number of aromatic nitrogens is 2. The highest BCUT2D eigenvalue weighted by Gasteiger charge is 2.28. The Hall–Kier alpha value is -2.80. The maximum absolute atomic E-state index is 11.5. The topological polar surface area (TPSA) is 85.6 Å². The van der Waals surface area contributed by atoms with Crippen molar-refractivity contribution in [2.24, 2.45) is 0 Å². The van der Waals surface area contributed by atoms with Crippen LogP contribution in [0.5, 0.6) is 11.5 Å². The van der Waals surface area contributed by atoms with E-state index in [2.05, 4.69) is 17.0 Å². The Morgan fingerprint density at radius 1 is 1.42 bits per heavy atom. The zero-order valence-electron chi connectivity index (χ0n) is 14.4. The third-order valence-corrected chi connectivity index (χ3v) is 4.88. The van der Waals surface area contributed by atoms with Gasteiger partial charge in [-0.3, -0.25) is 4.68 Å². The summed E-state index contributed by atoms with van der Waals surface area (Å²) >= 11 is 0. The van der Waals surface area contributed by atoms with Crippen molar-refractivity contribution >= 4 is 5.97 Å². The Morgan fingerprint density at radius 3 is 3.08 bits per heavy atom. The highest BCUT2D eigenvalue weighted by Crippen LogP contribution is 2.32. The fraction of sp³-hybridized carbons (Fsp3) is 0.368. The number of hydrogen-bond donors (Lipinski definition) is 2. The van der Waals surface area contributed by atoms with Crippen molar-refractivity contribution < 1.29 is 19.4 Å². The Morgan fingerprint density at radius 2 is 2.27 bits per heavy atom. The molecule has 2 heterocycles. The first-order valence-corrected chi connectivity index (χ1v) is 8.70. The average molecular weight is 355 g/mol. The molecule has 7 heteroatoms. The molecule has 1 aromatic carbocycles. The number of carboxylic acid groups (broad SMARTS) is 1. The molecule has 0 saturated carbocycles. The molecule has 0 amide bonds. The smallest absolute Gasteiger partial charge is 0.356 e. The van der Waals surface area contributed by atoms with Gasteiger partial charge in [0.25, 0.3) is 0 Å². The summed E-state index contributed by atoms with van der Waals surface area (Å²) in [5, 5.41) is 17.2. The fourth-order valence-electron chi connectivity index (χ4n) is 3.62. The van der Waals surface area contributed by atoms with Gasteiger partial charge in [0.2, 0.25) is 6.79 Å². The lowest BCUT2D eigenvalue weighted by atomic mass is 9.91. The summed E-state index contributed by atoms with van der Waals surface area (Å²) in [4.78, 5) is 11.5. The number of carboxylic acids is 1. The van der Waals surface area contributed by atoms with Crippen molar-refractivity contribution in [1.82, 2.24) is 15.1 Å². The summed E-state index contributed by atoms with van der Waals surface area (Å²) in [5.74, 6) is 0.575. The van der Waals surface area contributed by atoms with Crippen molar-refractivity contribution in [3.8, 4) is 11.5 Å². The van der Waals surface area contributed by atoms with E-state index in [9.17, 15) is 9.90 Å². The number of fused-ring (bicyclic) bond motifs is 2. The fourth-order valence-corrected chi connectivity index (χ4v) is 3.62. The van der Waals surface area contributed by atoms with Gasteiger partial charge in [0.1, 0.15) is 0 Å². The van der Waals surface area contributed by atoms with E-state index in [-0.39, 0.29) is 18.5 Å². The van der Waals surface area contributed by atoms with Crippen LogP contribution < -0.4 is 14.8 Å². The Bertz CT molecular complexity index is 859. The van der Waals surface area contributed by atoms with Gasteiger partial charge in [-0.25, -0.2) is 4.79 Å². The lowest BCUT2D eigenvalue weighted by molar-refractivity contribution is 0.0688. The number of nitrogens with zero attached hydrogens (tertiary/aromatic N) is 2. The normalized spacial score (nSPS) is 17.8. The predicted molar refractivity (Wildman–Crippen MR) is 94.6 cm³/mol. The molecule has 26 heavy (non-hydrogen) atoms. The van der Waals surface area contributed by atoms with E-state index in [1.54, 1.807) is 10.8 Å². The van der Waals surface area contributed by atoms with Crippen LogP contribution in [-0.2, 0) is 25.9 Å². The SMILES string of the molecule is C=CCn1nc(C(=O)O)c2c1CCC(NCc1ccc3c(c1)OCO3)C2. The molecule has 0 fully saturated rings. The third-order valence-electron chi connectivity index (χ3n) is 4.88. The number of carbonyl (C=O) groups is 1. The summed E-state index contributed by atoms with van der Waals surface area (Å²) in [6.07, 6.45) is 4.16. The first-order chi connectivity index (χ1) is 12.7. The number of ether oxygens (including phenoxy) is 2. The van der Waals surface area contributed by atoms with Gasteiger partial charge >= 0.3 is 5.97 Å². The molecule has 7 nitrogen and oxygen atoms in total. The molecule has 1 aliphatic heterocycles. The summed E-state index contributed by atoms with van der Waals surface area (Å²) in [7, 11) is 0. The molecule has 1 aliphatic carbocycles. The quantitative estimate of drug-likeness (QED) is 0.772. The minimum atomic E-state index is -0.972. The number of aromatic carboxylic acids is 1. The van der Waals surface area contributed by atoms with Crippen LogP contribution in [-0.4, -0.2) is 33.7 Å². The first-order valence-electron chi connectivity index (χ1n) is 8.70. The lowest BCUT2D eigenvalue weighted by Gasteiger charge is -2.24. The molecule has 2 aliphatic rings. The highest BCUT2D eigenvalue weighted by molar-refractivity contribution is 5.87. The second-order valence-corrected chi connectivity index (χ2v) is 6.56. The molecular formula is C19H21N3O4. The first kappa shape index (κ1) is 16.7. The standard InChI is InChI=1S/C19H21N3O4/c1-2-7-22-15-5-4-13(9-14(15)18(21-22)19(23)24)20-10-12-3-6-16-17(8-12)26-11-25-16/h2-3,6,8,13,20H,1,4-5,7,9-11H2,(H,23,24). The lowest BCUT2D eigenvalue weighted by Crippen LogP contribution is -2.34. The van der Waals surface area contributed by atoms with E-state index in [0.29, 0.717) is 19.5 Å². The Balaban J connectivity index is 1.46. The van der Waals surface area contributed by atoms with Crippen LogP contribution in [0.15, 0.2) is 30.9 Å². The largest absolute Gasteiger partial charge is 0.476 e. The van der Waals surface area contributed by atoms with Gasteiger partial charge in [0, 0.05) is 23.8 Å². The van der Waals surface area contributed by atoms with Gasteiger partial charge < -0.3 is 19.9 Å². The van der Waals surface area contributed by atoms with Gasteiger partial charge in [0.05, 0.1) is 6.54 Å². The van der Waals surface area contributed by atoms with Crippen LogP contribution in [0.1, 0.15) is 33.7 Å². The highest BCUT2D eigenvalue weighted by atomic mass is 16.7. The number of allylic oxidation sites excluding steroid dienone is 1. The van der Waals surface area contributed by atoms with Gasteiger partial charge in [-0.15, -0.1) is 6.58 Å². The number of nitrogens with one attached hydrogen (secondary N) is 1. The summed E-state index contributed by atoms with van der Waals surface area (Å²) < 4.78 is 12.5. The predicted octanol–water partition coefficient (Wildman–Crippen LogP) is 2.14. The maximum atomic E-state index is 11.5. The average Bonchev–Trinajstić information content (AvgIpc) is 3.24. The van der Waals surface area contributed by atoms with E-state index in [1.807, 2.05) is 18.2 Å². The molecule has 2 aromatic rings. The van der Waals surface area contributed by atoms with Crippen molar-refractivity contribution in [2.75, 3.05) is 6.79 Å². The van der Waals surface area contributed by atoms with Crippen molar-refractivity contribution in [3.05, 3.63) is 53.4 Å². The van der Waals surface area contributed by atoms with Crippen LogP contribution in [0.4, 0.5) is 0 Å². The number of rotatable bonds is 6. The summed E-state index contributed by atoms with van der Waals surface area (Å²) in [6, 6.07) is 6.13. The molecule has 0 saturated heterocycles. The molecule has 0 spiro atoms. The van der Waals surface area contributed by atoms with E-state index in [4.69, 9.17) is 9.47 Å². The molecule has 4 rings (SSSR count). The zero-order chi connectivity index (χ0) is 18.1. The summed E-state index contributed by atoms with van der Waals surface area (Å²) in [6.45, 7) is 5.22. The molecule has 2 N–H and O–H groups in total. The van der Waals surface area contributed by atoms with Crippen molar-refractivity contribution in [2.45, 2.75) is 38.4 Å². The Kier molecular flexibility index (Phi) is 4.38. The molecule has 0 bridgehead atoms. The Labute approximate surface area is 151 Å². The molecule has 1 atom stereocenters. The van der Waals surface area contributed by atoms with Crippen molar-refractivity contribution in [3.63, 3.8) is 0 Å². The molecule has 136 valence electrons.